The van der Waals surface area contributed by atoms with Crippen molar-refractivity contribution in [3.63, 3.8) is 0 Å². The van der Waals surface area contributed by atoms with Gasteiger partial charge in [-0.3, -0.25) is 14.7 Å². The number of aromatic amines is 1. The zero-order valence-electron chi connectivity index (χ0n) is 12.8. The van der Waals surface area contributed by atoms with Crippen molar-refractivity contribution in [2.75, 3.05) is 6.54 Å². The minimum Gasteiger partial charge on any atom is -0.306 e. The van der Waals surface area contributed by atoms with Crippen molar-refractivity contribution in [1.29, 1.82) is 0 Å². The van der Waals surface area contributed by atoms with E-state index in [0.717, 1.165) is 22.7 Å². The van der Waals surface area contributed by atoms with Crippen molar-refractivity contribution < 1.29 is 4.39 Å². The van der Waals surface area contributed by atoms with Crippen LogP contribution in [0.4, 0.5) is 4.39 Å². The van der Waals surface area contributed by atoms with Crippen LogP contribution in [0.2, 0.25) is 0 Å². The molecule has 24 heavy (non-hydrogen) atoms. The fourth-order valence-electron chi connectivity index (χ4n) is 2.95. The second-order valence-corrected chi connectivity index (χ2v) is 6.74. The van der Waals surface area contributed by atoms with E-state index in [9.17, 15) is 9.18 Å². The van der Waals surface area contributed by atoms with E-state index in [-0.39, 0.29) is 11.4 Å². The lowest BCUT2D eigenvalue weighted by atomic mass is 10.1. The summed E-state index contributed by atoms with van der Waals surface area (Å²) in [6.07, 6.45) is 3.55. The summed E-state index contributed by atoms with van der Waals surface area (Å²) in [5.41, 5.74) is 2.27. The maximum Gasteiger partial charge on any atom is 0.255 e. The molecule has 4 heterocycles. The second kappa shape index (κ2) is 6.26. The van der Waals surface area contributed by atoms with Crippen LogP contribution < -0.4 is 5.56 Å². The van der Waals surface area contributed by atoms with Gasteiger partial charge in [-0.25, -0.2) is 9.37 Å². The van der Waals surface area contributed by atoms with E-state index >= 15 is 0 Å². The Labute approximate surface area is 141 Å². The number of nitrogens with one attached hydrogen (secondary N) is 1. The SMILES string of the molecule is O=c1[nH]c(-c2cccs2)nc2c1CN(Cc1cncc(F)c1)CC2. The molecular formula is C17H15FN4OS. The molecule has 0 spiro atoms. The Morgan fingerprint density at radius 1 is 1.38 bits per heavy atom. The molecule has 5 nitrogen and oxygen atoms in total. The number of hydrogen-bond donors (Lipinski definition) is 1. The number of nitrogens with zero attached hydrogens (tertiary/aromatic N) is 3. The first-order valence-corrected chi connectivity index (χ1v) is 8.55. The minimum atomic E-state index is -0.343. The molecule has 3 aromatic rings. The summed E-state index contributed by atoms with van der Waals surface area (Å²) in [6, 6.07) is 5.36. The van der Waals surface area contributed by atoms with Gasteiger partial charge in [0, 0.05) is 32.3 Å². The molecule has 0 radical (unpaired) electrons. The maximum absolute atomic E-state index is 13.3. The van der Waals surface area contributed by atoms with Gasteiger partial charge >= 0.3 is 0 Å². The number of rotatable bonds is 3. The van der Waals surface area contributed by atoms with Crippen LogP contribution in [0.5, 0.6) is 0 Å². The van der Waals surface area contributed by atoms with Crippen LogP contribution in [0, 0.1) is 5.82 Å². The minimum absolute atomic E-state index is 0.0922. The lowest BCUT2D eigenvalue weighted by Crippen LogP contribution is -2.35. The highest BCUT2D eigenvalue weighted by atomic mass is 32.1. The van der Waals surface area contributed by atoms with Crippen LogP contribution in [-0.2, 0) is 19.5 Å². The molecule has 4 rings (SSSR count). The quantitative estimate of drug-likeness (QED) is 0.795. The third-order valence-electron chi connectivity index (χ3n) is 4.07. The van der Waals surface area contributed by atoms with E-state index in [4.69, 9.17) is 0 Å². The van der Waals surface area contributed by atoms with E-state index in [0.29, 0.717) is 30.9 Å². The summed E-state index contributed by atoms with van der Waals surface area (Å²) in [5, 5.41) is 1.96. The number of thiophene rings is 1. The van der Waals surface area contributed by atoms with Gasteiger partial charge in [0.05, 0.1) is 22.3 Å². The largest absolute Gasteiger partial charge is 0.306 e. The van der Waals surface area contributed by atoms with Crippen LogP contribution in [0.3, 0.4) is 0 Å². The third-order valence-corrected chi connectivity index (χ3v) is 4.95. The van der Waals surface area contributed by atoms with E-state index in [1.807, 2.05) is 17.5 Å². The smallest absolute Gasteiger partial charge is 0.255 e. The summed E-state index contributed by atoms with van der Waals surface area (Å²) >= 11 is 1.55. The standard InChI is InChI=1S/C17H15FN4OS/c18-12-6-11(7-19-8-12)9-22-4-3-14-13(10-22)17(23)21-16(20-14)15-2-1-5-24-15/h1-2,5-8H,3-4,9-10H2,(H,20,21,23). The lowest BCUT2D eigenvalue weighted by Gasteiger charge is -2.27. The summed E-state index contributed by atoms with van der Waals surface area (Å²) in [4.78, 5) is 26.9. The lowest BCUT2D eigenvalue weighted by molar-refractivity contribution is 0.241. The van der Waals surface area contributed by atoms with E-state index < -0.39 is 0 Å². The Bertz CT molecular complexity index is 923. The average Bonchev–Trinajstić information content (AvgIpc) is 3.10. The molecule has 0 unspecified atom stereocenters. The molecule has 0 aromatic carbocycles. The van der Waals surface area contributed by atoms with Crippen molar-refractivity contribution >= 4 is 11.3 Å². The first kappa shape index (κ1) is 15.2. The molecule has 0 fully saturated rings. The highest BCUT2D eigenvalue weighted by Gasteiger charge is 2.21. The van der Waals surface area contributed by atoms with Gasteiger partial charge in [-0.15, -0.1) is 11.3 Å². The fraction of sp³-hybridized carbons (Fsp3) is 0.235. The van der Waals surface area contributed by atoms with Gasteiger partial charge in [-0.05, 0) is 23.1 Å². The third kappa shape index (κ3) is 3.00. The molecule has 0 atom stereocenters. The molecule has 0 saturated carbocycles. The zero-order valence-corrected chi connectivity index (χ0v) is 13.6. The van der Waals surface area contributed by atoms with Gasteiger partial charge in [0.25, 0.3) is 5.56 Å². The van der Waals surface area contributed by atoms with Crippen LogP contribution in [-0.4, -0.2) is 26.4 Å². The van der Waals surface area contributed by atoms with Gasteiger partial charge in [0.1, 0.15) is 5.82 Å². The highest BCUT2D eigenvalue weighted by molar-refractivity contribution is 7.13. The number of halogens is 1. The molecule has 0 bridgehead atoms. The second-order valence-electron chi connectivity index (χ2n) is 5.79. The van der Waals surface area contributed by atoms with Crippen molar-refractivity contribution in [3.8, 4) is 10.7 Å². The van der Waals surface area contributed by atoms with Gasteiger partial charge in [0.2, 0.25) is 0 Å². The molecule has 3 aromatic heterocycles. The summed E-state index contributed by atoms with van der Waals surface area (Å²) in [7, 11) is 0. The monoisotopic (exact) mass is 342 g/mol. The number of fused-ring (bicyclic) bond motifs is 1. The van der Waals surface area contributed by atoms with Crippen LogP contribution >= 0.6 is 11.3 Å². The van der Waals surface area contributed by atoms with E-state index in [2.05, 4.69) is 19.9 Å². The number of pyridine rings is 1. The van der Waals surface area contributed by atoms with Crippen molar-refractivity contribution in [2.45, 2.75) is 19.5 Å². The van der Waals surface area contributed by atoms with Crippen molar-refractivity contribution in [1.82, 2.24) is 19.9 Å². The maximum atomic E-state index is 13.3. The zero-order chi connectivity index (χ0) is 16.5. The average molecular weight is 342 g/mol. The van der Waals surface area contributed by atoms with Crippen molar-refractivity contribution in [3.05, 3.63) is 69.0 Å². The molecule has 0 aliphatic carbocycles. The Kier molecular flexibility index (Phi) is 3.95. The fourth-order valence-corrected chi connectivity index (χ4v) is 3.62. The Hall–Kier alpha value is -2.38. The van der Waals surface area contributed by atoms with Gasteiger partial charge in [0.15, 0.2) is 5.82 Å². The van der Waals surface area contributed by atoms with E-state index in [1.54, 1.807) is 17.5 Å². The van der Waals surface area contributed by atoms with Gasteiger partial charge < -0.3 is 4.98 Å². The summed E-state index contributed by atoms with van der Waals surface area (Å²) in [6.45, 7) is 1.86. The molecule has 1 aliphatic rings. The number of aromatic nitrogens is 3. The van der Waals surface area contributed by atoms with Crippen LogP contribution in [0.25, 0.3) is 10.7 Å². The van der Waals surface area contributed by atoms with Crippen LogP contribution in [0.15, 0.2) is 40.8 Å². The topological polar surface area (TPSA) is 61.9 Å². The highest BCUT2D eigenvalue weighted by Crippen LogP contribution is 2.23. The van der Waals surface area contributed by atoms with Gasteiger partial charge in [-0.2, -0.15) is 0 Å². The normalized spacial score (nSPS) is 14.5. The summed E-state index contributed by atoms with van der Waals surface area (Å²) in [5.74, 6) is 0.293. The molecule has 0 amide bonds. The first-order chi connectivity index (χ1) is 11.7. The van der Waals surface area contributed by atoms with Crippen molar-refractivity contribution in [2.24, 2.45) is 0 Å². The predicted octanol–water partition coefficient (Wildman–Crippen LogP) is 2.59. The molecule has 122 valence electrons. The van der Waals surface area contributed by atoms with Gasteiger partial charge in [-0.1, -0.05) is 6.07 Å². The number of hydrogen-bond acceptors (Lipinski definition) is 5. The Morgan fingerprint density at radius 2 is 2.29 bits per heavy atom. The molecule has 1 N–H and O–H groups in total. The molecule has 1 aliphatic heterocycles. The molecule has 0 saturated heterocycles. The van der Waals surface area contributed by atoms with Crippen LogP contribution in [0.1, 0.15) is 16.8 Å². The molecule has 7 heteroatoms. The predicted molar refractivity (Wildman–Crippen MR) is 90.2 cm³/mol. The summed E-state index contributed by atoms with van der Waals surface area (Å²) < 4.78 is 13.3. The van der Waals surface area contributed by atoms with E-state index in [1.165, 1.54) is 12.3 Å². The Balaban J connectivity index is 1.58. The number of H-pyrrole nitrogens is 1. The Morgan fingerprint density at radius 3 is 3.08 bits per heavy atom. The molecular weight excluding hydrogens is 327 g/mol. The first-order valence-electron chi connectivity index (χ1n) is 7.67.